The lowest BCUT2D eigenvalue weighted by molar-refractivity contribution is -0.192. The zero-order chi connectivity index (χ0) is 22.9. The van der Waals surface area contributed by atoms with Crippen LogP contribution in [0, 0.1) is 6.92 Å². The Balaban J connectivity index is 0.000000307. The molecule has 0 atom stereocenters. The number of rotatable bonds is 3. The number of alkyl halides is 3. The van der Waals surface area contributed by atoms with Gasteiger partial charge in [-0.1, -0.05) is 5.16 Å². The fraction of sp³-hybridized carbons (Fsp3) is 0.316. The molecule has 0 saturated heterocycles. The van der Waals surface area contributed by atoms with Gasteiger partial charge in [-0.2, -0.15) is 18.2 Å². The molecule has 0 bridgehead atoms. The summed E-state index contributed by atoms with van der Waals surface area (Å²) in [6.07, 6.45) is 2.34. The second-order valence-corrected chi connectivity index (χ2v) is 7.84. The minimum atomic E-state index is -5.08. The summed E-state index contributed by atoms with van der Waals surface area (Å²) in [4.78, 5) is 23.6. The van der Waals surface area contributed by atoms with Crippen LogP contribution in [0.2, 0.25) is 0 Å². The number of fused-ring (bicyclic) bond motifs is 2. The number of nitrogens with zero attached hydrogens (tertiary/aromatic N) is 5. The Kier molecular flexibility index (Phi) is 5.93. The van der Waals surface area contributed by atoms with Crippen molar-refractivity contribution in [2.45, 2.75) is 32.5 Å². The monoisotopic (exact) mass is 466 g/mol. The smallest absolute Gasteiger partial charge is 0.475 e. The zero-order valence-corrected chi connectivity index (χ0v) is 17.5. The maximum Gasteiger partial charge on any atom is 0.490 e. The van der Waals surface area contributed by atoms with Crippen molar-refractivity contribution in [2.75, 3.05) is 6.54 Å². The van der Waals surface area contributed by atoms with Crippen LogP contribution < -0.4 is 5.32 Å². The first kappa shape index (κ1) is 21.9. The first-order chi connectivity index (χ1) is 15.2. The molecule has 168 valence electrons. The van der Waals surface area contributed by atoms with Crippen LogP contribution >= 0.6 is 11.3 Å². The van der Waals surface area contributed by atoms with Gasteiger partial charge < -0.3 is 14.9 Å². The second kappa shape index (κ2) is 8.67. The highest BCUT2D eigenvalue weighted by molar-refractivity contribution is 7.15. The van der Waals surface area contributed by atoms with E-state index in [1.54, 1.807) is 11.3 Å². The average Bonchev–Trinajstić information content (AvgIpc) is 3.45. The van der Waals surface area contributed by atoms with E-state index < -0.39 is 12.1 Å². The number of aryl methyl sites for hydroxylation is 1. The minimum absolute atomic E-state index is 0.532. The molecule has 2 N–H and O–H groups in total. The van der Waals surface area contributed by atoms with Crippen LogP contribution in [0.1, 0.15) is 28.4 Å². The van der Waals surface area contributed by atoms with E-state index in [1.807, 2.05) is 35.3 Å². The van der Waals surface area contributed by atoms with E-state index in [-0.39, 0.29) is 0 Å². The summed E-state index contributed by atoms with van der Waals surface area (Å²) in [5.74, 6) is -1.56. The molecule has 1 aliphatic rings. The SMILES string of the molecule is Cc1ncc2c(c1-c1noc(Cc3cn4ccsc4n3)n1)CCNC2.O=C(O)C(F)(F)F. The highest BCUT2D eigenvalue weighted by Gasteiger charge is 2.38. The molecule has 0 saturated carbocycles. The molecule has 5 heterocycles. The van der Waals surface area contributed by atoms with E-state index in [4.69, 9.17) is 14.4 Å². The Hall–Kier alpha value is -3.32. The van der Waals surface area contributed by atoms with Gasteiger partial charge in [-0.25, -0.2) is 9.78 Å². The number of hydrogen-bond donors (Lipinski definition) is 2. The van der Waals surface area contributed by atoms with Crippen molar-refractivity contribution in [2.24, 2.45) is 0 Å². The normalized spacial score (nSPS) is 13.5. The quantitative estimate of drug-likeness (QED) is 0.473. The van der Waals surface area contributed by atoms with E-state index in [0.29, 0.717) is 18.1 Å². The van der Waals surface area contributed by atoms with Crippen molar-refractivity contribution in [3.05, 3.63) is 52.4 Å². The van der Waals surface area contributed by atoms with Crippen molar-refractivity contribution < 1.29 is 27.6 Å². The highest BCUT2D eigenvalue weighted by atomic mass is 32.1. The summed E-state index contributed by atoms with van der Waals surface area (Å²) >= 11 is 1.61. The van der Waals surface area contributed by atoms with Crippen LogP contribution in [0.15, 0.2) is 28.5 Å². The number of imidazole rings is 1. The van der Waals surface area contributed by atoms with Crippen LogP contribution in [0.5, 0.6) is 0 Å². The van der Waals surface area contributed by atoms with Gasteiger partial charge in [0.05, 0.1) is 12.1 Å². The van der Waals surface area contributed by atoms with E-state index in [0.717, 1.165) is 41.4 Å². The van der Waals surface area contributed by atoms with Gasteiger partial charge in [0.1, 0.15) is 0 Å². The van der Waals surface area contributed by atoms with Crippen molar-refractivity contribution in [3.8, 4) is 11.4 Å². The number of halogens is 3. The summed E-state index contributed by atoms with van der Waals surface area (Å²) in [6, 6.07) is 0. The topological polar surface area (TPSA) is 118 Å². The molecule has 5 rings (SSSR count). The largest absolute Gasteiger partial charge is 0.490 e. The number of pyridine rings is 1. The number of thiazole rings is 1. The number of carbonyl (C=O) groups is 1. The van der Waals surface area contributed by atoms with Crippen molar-refractivity contribution in [3.63, 3.8) is 0 Å². The maximum atomic E-state index is 10.6. The Labute approximate surface area is 182 Å². The van der Waals surface area contributed by atoms with E-state index in [1.165, 1.54) is 11.1 Å². The average molecular weight is 466 g/mol. The van der Waals surface area contributed by atoms with Gasteiger partial charge in [0.2, 0.25) is 11.7 Å². The standard InChI is InChI=1S/C17H16N6OS.C2HF3O2/c1-10-15(13-2-3-18-7-11(13)8-19-10)16-21-14(24-22-16)6-12-9-23-4-5-25-17(23)20-12;3-2(4,5)1(6)7/h4-5,8-9,18H,2-3,6-7H2,1H3;(H,6,7). The van der Waals surface area contributed by atoms with Crippen LogP contribution in [0.25, 0.3) is 16.3 Å². The highest BCUT2D eigenvalue weighted by Crippen LogP contribution is 2.29. The molecule has 4 aromatic heterocycles. The first-order valence-corrected chi connectivity index (χ1v) is 10.3. The number of carboxylic acids is 1. The molecule has 0 amide bonds. The predicted octanol–water partition coefficient (Wildman–Crippen LogP) is 3.02. The van der Waals surface area contributed by atoms with Gasteiger partial charge in [-0.05, 0) is 31.0 Å². The van der Waals surface area contributed by atoms with Gasteiger partial charge in [0.25, 0.3) is 0 Å². The van der Waals surface area contributed by atoms with Crippen LogP contribution in [0.3, 0.4) is 0 Å². The van der Waals surface area contributed by atoms with Crippen LogP contribution in [-0.2, 0) is 24.2 Å². The molecular formula is C19H17F3N6O3S. The fourth-order valence-corrected chi connectivity index (χ4v) is 4.03. The summed E-state index contributed by atoms with van der Waals surface area (Å²) in [5, 5.41) is 16.7. The van der Waals surface area contributed by atoms with Crippen LogP contribution in [0.4, 0.5) is 13.2 Å². The number of aliphatic carboxylic acids is 1. The Bertz CT molecular complexity index is 1230. The molecular weight excluding hydrogens is 449 g/mol. The number of hydrogen-bond acceptors (Lipinski definition) is 8. The molecule has 0 unspecified atom stereocenters. The van der Waals surface area contributed by atoms with E-state index in [2.05, 4.69) is 25.4 Å². The Morgan fingerprint density at radius 3 is 2.88 bits per heavy atom. The van der Waals surface area contributed by atoms with Crippen molar-refractivity contribution in [1.29, 1.82) is 0 Å². The lowest BCUT2D eigenvalue weighted by atomic mass is 9.95. The fourth-order valence-electron chi connectivity index (χ4n) is 3.31. The number of carboxylic acid groups (broad SMARTS) is 1. The number of aromatic nitrogens is 5. The summed E-state index contributed by atoms with van der Waals surface area (Å²) in [6.45, 7) is 3.79. The molecule has 13 heteroatoms. The molecule has 0 spiro atoms. The summed E-state index contributed by atoms with van der Waals surface area (Å²) in [7, 11) is 0. The lowest BCUT2D eigenvalue weighted by Crippen LogP contribution is -2.24. The first-order valence-electron chi connectivity index (χ1n) is 9.44. The summed E-state index contributed by atoms with van der Waals surface area (Å²) < 4.78 is 39.2. The van der Waals surface area contributed by atoms with E-state index in [9.17, 15) is 13.2 Å². The minimum Gasteiger partial charge on any atom is -0.475 e. The van der Waals surface area contributed by atoms with Crippen LogP contribution in [-0.4, -0.2) is 48.3 Å². The molecule has 4 aromatic rings. The summed E-state index contributed by atoms with van der Waals surface area (Å²) in [5.41, 5.74) is 5.38. The molecule has 0 aromatic carbocycles. The maximum absolute atomic E-state index is 10.6. The lowest BCUT2D eigenvalue weighted by Gasteiger charge is -2.19. The van der Waals surface area contributed by atoms with Gasteiger partial charge in [-0.15, -0.1) is 11.3 Å². The van der Waals surface area contributed by atoms with Crippen molar-refractivity contribution in [1.82, 2.24) is 29.8 Å². The third-order valence-electron chi connectivity index (χ3n) is 4.74. The van der Waals surface area contributed by atoms with Gasteiger partial charge in [0.15, 0.2) is 4.96 Å². The Morgan fingerprint density at radius 1 is 1.38 bits per heavy atom. The van der Waals surface area contributed by atoms with E-state index >= 15 is 0 Å². The predicted molar refractivity (Wildman–Crippen MR) is 107 cm³/mol. The molecule has 1 aliphatic heterocycles. The third-order valence-corrected chi connectivity index (χ3v) is 5.51. The van der Waals surface area contributed by atoms with Crippen molar-refractivity contribution >= 4 is 22.3 Å². The number of nitrogens with one attached hydrogen (secondary N) is 1. The molecule has 32 heavy (non-hydrogen) atoms. The van der Waals surface area contributed by atoms with Gasteiger partial charge in [-0.3, -0.25) is 9.38 Å². The molecule has 9 nitrogen and oxygen atoms in total. The second-order valence-electron chi connectivity index (χ2n) is 6.97. The molecule has 0 fully saturated rings. The third kappa shape index (κ3) is 4.62. The Morgan fingerprint density at radius 2 is 2.16 bits per heavy atom. The molecule has 0 aliphatic carbocycles. The van der Waals surface area contributed by atoms with Gasteiger partial charge in [0, 0.05) is 41.8 Å². The molecule has 0 radical (unpaired) electrons. The zero-order valence-electron chi connectivity index (χ0n) is 16.7. The van der Waals surface area contributed by atoms with Gasteiger partial charge >= 0.3 is 12.1 Å².